The highest BCUT2D eigenvalue weighted by Gasteiger charge is 2.07. The summed E-state index contributed by atoms with van der Waals surface area (Å²) in [5, 5.41) is 3.12. The lowest BCUT2D eigenvalue weighted by atomic mass is 10.4. The number of hydrogen-bond acceptors (Lipinski definition) is 3. The van der Waals surface area contributed by atoms with Gasteiger partial charge in [-0.3, -0.25) is 0 Å². The second-order valence-electron chi connectivity index (χ2n) is 2.42. The van der Waals surface area contributed by atoms with Gasteiger partial charge >= 0.3 is 0 Å². The van der Waals surface area contributed by atoms with E-state index in [1.54, 1.807) is 11.3 Å². The van der Waals surface area contributed by atoms with Crippen molar-refractivity contribution >= 4 is 11.3 Å². The second-order valence-corrected chi connectivity index (χ2v) is 3.31. The lowest BCUT2D eigenvalue weighted by Crippen LogP contribution is -1.98. The van der Waals surface area contributed by atoms with Crippen LogP contribution in [0.3, 0.4) is 0 Å². The van der Waals surface area contributed by atoms with Crippen molar-refractivity contribution in [3.8, 4) is 0 Å². The Labute approximate surface area is 71.2 Å². The van der Waals surface area contributed by atoms with Gasteiger partial charge in [0.05, 0.1) is 0 Å². The first-order valence-electron chi connectivity index (χ1n) is 3.77. The number of ether oxygens (including phenoxy) is 1. The molecule has 1 heterocycles. The van der Waals surface area contributed by atoms with Gasteiger partial charge in [-0.1, -0.05) is 0 Å². The molecule has 1 atom stereocenters. The van der Waals surface area contributed by atoms with E-state index in [4.69, 9.17) is 4.74 Å². The van der Waals surface area contributed by atoms with Gasteiger partial charge in [-0.25, -0.2) is 4.98 Å². The topological polar surface area (TPSA) is 22.1 Å². The van der Waals surface area contributed by atoms with Gasteiger partial charge in [0, 0.05) is 17.7 Å². The monoisotopic (exact) mass is 171 g/mol. The molecule has 0 aliphatic heterocycles. The van der Waals surface area contributed by atoms with Gasteiger partial charge in [0.2, 0.25) is 0 Å². The van der Waals surface area contributed by atoms with Gasteiger partial charge in [-0.15, -0.1) is 11.3 Å². The van der Waals surface area contributed by atoms with Crippen LogP contribution in [0.4, 0.5) is 0 Å². The van der Waals surface area contributed by atoms with Crippen molar-refractivity contribution < 1.29 is 4.74 Å². The summed E-state index contributed by atoms with van der Waals surface area (Å²) in [5.41, 5.74) is 1.08. The summed E-state index contributed by atoms with van der Waals surface area (Å²) in [4.78, 5) is 4.32. The van der Waals surface area contributed by atoms with Crippen molar-refractivity contribution in [2.24, 2.45) is 0 Å². The number of aryl methyl sites for hydroxylation is 1. The fourth-order valence-corrected chi connectivity index (χ4v) is 1.68. The molecule has 0 N–H and O–H groups in total. The molecule has 0 saturated carbocycles. The van der Waals surface area contributed by atoms with Crippen LogP contribution in [0.25, 0.3) is 0 Å². The van der Waals surface area contributed by atoms with E-state index >= 15 is 0 Å². The van der Waals surface area contributed by atoms with Gasteiger partial charge in [-0.05, 0) is 20.8 Å². The van der Waals surface area contributed by atoms with E-state index < -0.39 is 0 Å². The van der Waals surface area contributed by atoms with E-state index in [-0.39, 0.29) is 6.10 Å². The summed E-state index contributed by atoms with van der Waals surface area (Å²) >= 11 is 1.66. The van der Waals surface area contributed by atoms with Crippen LogP contribution in [-0.4, -0.2) is 11.6 Å². The zero-order valence-electron chi connectivity index (χ0n) is 7.13. The maximum absolute atomic E-state index is 5.39. The van der Waals surface area contributed by atoms with Crippen LogP contribution in [0.1, 0.15) is 30.7 Å². The Hall–Kier alpha value is -0.410. The first kappa shape index (κ1) is 8.68. The maximum Gasteiger partial charge on any atom is 0.121 e. The van der Waals surface area contributed by atoms with Crippen LogP contribution < -0.4 is 0 Å². The molecule has 0 fully saturated rings. The van der Waals surface area contributed by atoms with Crippen molar-refractivity contribution in [1.29, 1.82) is 0 Å². The van der Waals surface area contributed by atoms with Crippen molar-refractivity contribution in [3.63, 3.8) is 0 Å². The lowest BCUT2D eigenvalue weighted by Gasteiger charge is -2.06. The van der Waals surface area contributed by atoms with Gasteiger partial charge in [0.15, 0.2) is 0 Å². The van der Waals surface area contributed by atoms with Crippen LogP contribution in [0.15, 0.2) is 5.38 Å². The van der Waals surface area contributed by atoms with E-state index in [9.17, 15) is 0 Å². The minimum Gasteiger partial charge on any atom is -0.372 e. The molecule has 0 spiro atoms. The molecule has 0 aliphatic rings. The Bertz CT molecular complexity index is 222. The van der Waals surface area contributed by atoms with E-state index in [0.717, 1.165) is 17.3 Å². The van der Waals surface area contributed by atoms with E-state index in [1.165, 1.54) is 0 Å². The van der Waals surface area contributed by atoms with Crippen LogP contribution in [0.2, 0.25) is 0 Å². The molecular formula is C8H13NOS. The molecule has 11 heavy (non-hydrogen) atoms. The van der Waals surface area contributed by atoms with Crippen LogP contribution in [-0.2, 0) is 4.74 Å². The van der Waals surface area contributed by atoms with Gasteiger partial charge in [0.1, 0.15) is 11.1 Å². The molecule has 0 aliphatic carbocycles. The number of rotatable bonds is 3. The third-order valence-electron chi connectivity index (χ3n) is 1.40. The van der Waals surface area contributed by atoms with Gasteiger partial charge in [0.25, 0.3) is 0 Å². The van der Waals surface area contributed by atoms with Gasteiger partial charge in [-0.2, -0.15) is 0 Å². The normalized spacial score (nSPS) is 13.4. The van der Waals surface area contributed by atoms with E-state index in [0.29, 0.717) is 0 Å². The summed E-state index contributed by atoms with van der Waals surface area (Å²) in [7, 11) is 0. The molecule has 62 valence electrons. The highest BCUT2D eigenvalue weighted by molar-refractivity contribution is 7.09. The number of hydrogen-bond donors (Lipinski definition) is 0. The van der Waals surface area contributed by atoms with E-state index in [2.05, 4.69) is 4.98 Å². The average molecular weight is 171 g/mol. The van der Waals surface area contributed by atoms with Crippen LogP contribution in [0, 0.1) is 6.92 Å². The third-order valence-corrected chi connectivity index (χ3v) is 2.52. The van der Waals surface area contributed by atoms with Crippen molar-refractivity contribution in [2.45, 2.75) is 26.9 Å². The largest absolute Gasteiger partial charge is 0.372 e. The first-order chi connectivity index (χ1) is 5.24. The summed E-state index contributed by atoms with van der Waals surface area (Å²) in [6.45, 7) is 6.77. The number of thiazole rings is 1. The standard InChI is InChI=1S/C8H13NOS/c1-4-10-7(3)8-9-6(2)5-11-8/h5,7H,4H2,1-3H3. The third kappa shape index (κ3) is 2.27. The molecular weight excluding hydrogens is 158 g/mol. The minimum atomic E-state index is 0.152. The molecule has 0 amide bonds. The zero-order valence-corrected chi connectivity index (χ0v) is 7.94. The predicted molar refractivity (Wildman–Crippen MR) is 46.9 cm³/mol. The highest BCUT2D eigenvalue weighted by atomic mass is 32.1. The maximum atomic E-state index is 5.39. The fourth-order valence-electron chi connectivity index (χ4n) is 0.880. The summed E-state index contributed by atoms with van der Waals surface area (Å²) in [5.74, 6) is 0. The molecule has 1 aromatic heterocycles. The zero-order chi connectivity index (χ0) is 8.27. The lowest BCUT2D eigenvalue weighted by molar-refractivity contribution is 0.0761. The Kier molecular flexibility index (Phi) is 3.02. The Balaban J connectivity index is 2.60. The smallest absolute Gasteiger partial charge is 0.121 e. The number of aromatic nitrogens is 1. The summed E-state index contributed by atoms with van der Waals surface area (Å²) < 4.78 is 5.39. The molecule has 1 rings (SSSR count). The summed E-state index contributed by atoms with van der Waals surface area (Å²) in [6, 6.07) is 0. The second kappa shape index (κ2) is 3.83. The molecule has 1 aromatic rings. The molecule has 2 nitrogen and oxygen atoms in total. The highest BCUT2D eigenvalue weighted by Crippen LogP contribution is 2.20. The Morgan fingerprint density at radius 3 is 2.91 bits per heavy atom. The molecule has 0 saturated heterocycles. The minimum absolute atomic E-state index is 0.152. The molecule has 0 bridgehead atoms. The molecule has 0 radical (unpaired) electrons. The van der Waals surface area contributed by atoms with Crippen LogP contribution >= 0.6 is 11.3 Å². The SMILES string of the molecule is CCOC(C)c1nc(C)cs1. The molecule has 3 heteroatoms. The molecule has 0 aromatic carbocycles. The number of nitrogens with zero attached hydrogens (tertiary/aromatic N) is 1. The van der Waals surface area contributed by atoms with Gasteiger partial charge < -0.3 is 4.74 Å². The Morgan fingerprint density at radius 2 is 2.45 bits per heavy atom. The predicted octanol–water partition coefficient (Wildman–Crippen LogP) is 2.55. The average Bonchev–Trinajstić information content (AvgIpc) is 2.36. The Morgan fingerprint density at radius 1 is 1.73 bits per heavy atom. The van der Waals surface area contributed by atoms with Crippen molar-refractivity contribution in [1.82, 2.24) is 4.98 Å². The fraction of sp³-hybridized carbons (Fsp3) is 0.625. The summed E-state index contributed by atoms with van der Waals surface area (Å²) in [6.07, 6.45) is 0.152. The van der Waals surface area contributed by atoms with E-state index in [1.807, 2.05) is 26.2 Å². The van der Waals surface area contributed by atoms with Crippen molar-refractivity contribution in [2.75, 3.05) is 6.61 Å². The quantitative estimate of drug-likeness (QED) is 0.697. The molecule has 1 unspecified atom stereocenters. The van der Waals surface area contributed by atoms with Crippen molar-refractivity contribution in [3.05, 3.63) is 16.1 Å². The first-order valence-corrected chi connectivity index (χ1v) is 4.65. The van der Waals surface area contributed by atoms with Crippen LogP contribution in [0.5, 0.6) is 0 Å².